The molecule has 1 aliphatic carbocycles. The number of pyridine rings is 1. The fraction of sp³-hybridized carbons (Fsp3) is 0.500. The standard InChI is InChI=1S/C16H21BrN4O/c1-9(18)10-2-4-11(5-3-10)16(22)21-13-6-7-19-15-14(13)12(17)8-20-15/h6-11H,2-5,18H2,1H3,(H2,19,20,21,22). The molecule has 3 rings (SSSR count). The number of anilines is 1. The van der Waals surface area contributed by atoms with Crippen LogP contribution in [-0.2, 0) is 4.79 Å². The fourth-order valence-corrected chi connectivity index (χ4v) is 3.78. The van der Waals surface area contributed by atoms with Gasteiger partial charge in [-0.05, 0) is 60.5 Å². The quantitative estimate of drug-likeness (QED) is 0.779. The number of aromatic nitrogens is 2. The second-order valence-corrected chi connectivity index (χ2v) is 7.03. The largest absolute Gasteiger partial charge is 0.345 e. The summed E-state index contributed by atoms with van der Waals surface area (Å²) in [4.78, 5) is 19.9. The molecule has 2 aromatic rings. The van der Waals surface area contributed by atoms with Crippen molar-refractivity contribution >= 4 is 38.6 Å². The van der Waals surface area contributed by atoms with E-state index in [1.165, 1.54) is 0 Å². The fourth-order valence-electron chi connectivity index (χ4n) is 3.26. The second-order valence-electron chi connectivity index (χ2n) is 6.18. The third kappa shape index (κ3) is 3.03. The first kappa shape index (κ1) is 15.5. The van der Waals surface area contributed by atoms with Crippen molar-refractivity contribution in [2.24, 2.45) is 17.6 Å². The minimum Gasteiger partial charge on any atom is -0.345 e. The van der Waals surface area contributed by atoms with Crippen molar-refractivity contribution in [1.29, 1.82) is 0 Å². The second kappa shape index (κ2) is 6.38. The molecule has 0 radical (unpaired) electrons. The summed E-state index contributed by atoms with van der Waals surface area (Å²) in [7, 11) is 0. The molecule has 1 saturated carbocycles. The Morgan fingerprint density at radius 3 is 2.86 bits per heavy atom. The summed E-state index contributed by atoms with van der Waals surface area (Å²) in [6.45, 7) is 2.06. The molecule has 0 aliphatic heterocycles. The number of carbonyl (C=O) groups is 1. The Hall–Kier alpha value is -1.40. The molecule has 0 aromatic carbocycles. The highest BCUT2D eigenvalue weighted by Gasteiger charge is 2.28. The van der Waals surface area contributed by atoms with Crippen LogP contribution in [-0.4, -0.2) is 21.9 Å². The zero-order valence-electron chi connectivity index (χ0n) is 12.6. The first-order chi connectivity index (χ1) is 10.6. The predicted molar refractivity (Wildman–Crippen MR) is 91.5 cm³/mol. The molecular weight excluding hydrogens is 344 g/mol. The van der Waals surface area contributed by atoms with Crippen LogP contribution in [0.5, 0.6) is 0 Å². The number of nitrogens with two attached hydrogens (primary N) is 1. The Bertz CT molecular complexity index is 674. The molecule has 2 aromatic heterocycles. The van der Waals surface area contributed by atoms with Gasteiger partial charge in [0.25, 0.3) is 0 Å². The van der Waals surface area contributed by atoms with E-state index in [4.69, 9.17) is 5.73 Å². The van der Waals surface area contributed by atoms with E-state index in [-0.39, 0.29) is 17.9 Å². The van der Waals surface area contributed by atoms with E-state index in [0.29, 0.717) is 5.92 Å². The molecule has 4 N–H and O–H groups in total. The third-order valence-electron chi connectivity index (χ3n) is 4.67. The molecule has 1 atom stereocenters. The summed E-state index contributed by atoms with van der Waals surface area (Å²) in [6, 6.07) is 2.06. The van der Waals surface area contributed by atoms with Gasteiger partial charge in [0, 0.05) is 28.8 Å². The Morgan fingerprint density at radius 1 is 1.45 bits per heavy atom. The van der Waals surface area contributed by atoms with Crippen molar-refractivity contribution in [3.05, 3.63) is 22.9 Å². The first-order valence-corrected chi connectivity index (χ1v) is 8.53. The first-order valence-electron chi connectivity index (χ1n) is 7.74. The van der Waals surface area contributed by atoms with Gasteiger partial charge in [0.05, 0.1) is 11.1 Å². The lowest BCUT2D eigenvalue weighted by Crippen LogP contribution is -2.33. The van der Waals surface area contributed by atoms with Gasteiger partial charge in [0.15, 0.2) is 0 Å². The lowest BCUT2D eigenvalue weighted by molar-refractivity contribution is -0.121. The predicted octanol–water partition coefficient (Wildman–Crippen LogP) is 3.42. The van der Waals surface area contributed by atoms with E-state index >= 15 is 0 Å². The molecule has 1 unspecified atom stereocenters. The van der Waals surface area contributed by atoms with Crippen molar-refractivity contribution in [2.45, 2.75) is 38.6 Å². The Balaban J connectivity index is 1.70. The van der Waals surface area contributed by atoms with Crippen LogP contribution in [0.3, 0.4) is 0 Å². The van der Waals surface area contributed by atoms with Crippen LogP contribution in [0.1, 0.15) is 32.6 Å². The minimum atomic E-state index is 0.0796. The van der Waals surface area contributed by atoms with Crippen LogP contribution in [0.25, 0.3) is 11.0 Å². The van der Waals surface area contributed by atoms with E-state index in [1.807, 2.05) is 12.3 Å². The number of nitrogens with one attached hydrogen (secondary N) is 2. The van der Waals surface area contributed by atoms with Gasteiger partial charge in [0.2, 0.25) is 5.91 Å². The molecule has 6 heteroatoms. The van der Waals surface area contributed by atoms with Gasteiger partial charge in [-0.1, -0.05) is 0 Å². The molecule has 5 nitrogen and oxygen atoms in total. The highest BCUT2D eigenvalue weighted by Crippen LogP contribution is 2.33. The number of hydrogen-bond acceptors (Lipinski definition) is 3. The highest BCUT2D eigenvalue weighted by molar-refractivity contribution is 9.10. The average Bonchev–Trinajstić information content (AvgIpc) is 2.90. The lowest BCUT2D eigenvalue weighted by Gasteiger charge is -2.30. The van der Waals surface area contributed by atoms with Crippen LogP contribution >= 0.6 is 15.9 Å². The molecule has 22 heavy (non-hydrogen) atoms. The number of nitrogens with zero attached hydrogens (tertiary/aromatic N) is 1. The maximum atomic E-state index is 12.5. The number of hydrogen-bond donors (Lipinski definition) is 3. The average molecular weight is 365 g/mol. The van der Waals surface area contributed by atoms with E-state index in [1.54, 1.807) is 6.20 Å². The van der Waals surface area contributed by atoms with Crippen molar-refractivity contribution in [3.8, 4) is 0 Å². The molecule has 0 spiro atoms. The Kier molecular flexibility index (Phi) is 4.49. The van der Waals surface area contributed by atoms with Gasteiger partial charge in [-0.2, -0.15) is 0 Å². The number of carbonyl (C=O) groups excluding carboxylic acids is 1. The van der Waals surface area contributed by atoms with Crippen LogP contribution in [0.4, 0.5) is 5.69 Å². The summed E-state index contributed by atoms with van der Waals surface area (Å²) in [5.41, 5.74) is 7.54. The molecule has 0 saturated heterocycles. The smallest absolute Gasteiger partial charge is 0.227 e. The normalized spacial score (nSPS) is 23.4. The van der Waals surface area contributed by atoms with Gasteiger partial charge >= 0.3 is 0 Å². The molecule has 118 valence electrons. The topological polar surface area (TPSA) is 83.8 Å². The maximum Gasteiger partial charge on any atom is 0.227 e. The molecule has 0 bridgehead atoms. The molecular formula is C16H21BrN4O. The number of H-pyrrole nitrogens is 1. The van der Waals surface area contributed by atoms with E-state index in [0.717, 1.165) is 46.9 Å². The van der Waals surface area contributed by atoms with E-state index in [2.05, 4.69) is 38.1 Å². The Morgan fingerprint density at radius 2 is 2.18 bits per heavy atom. The summed E-state index contributed by atoms with van der Waals surface area (Å²) >= 11 is 3.49. The zero-order chi connectivity index (χ0) is 15.7. The lowest BCUT2D eigenvalue weighted by atomic mass is 9.79. The molecule has 1 aliphatic rings. The summed E-state index contributed by atoms with van der Waals surface area (Å²) < 4.78 is 0.909. The SMILES string of the molecule is CC(N)C1CCC(C(=O)Nc2ccnc3[nH]cc(Br)c23)CC1. The maximum absolute atomic E-state index is 12.5. The number of amides is 1. The van der Waals surface area contributed by atoms with Crippen molar-refractivity contribution < 1.29 is 4.79 Å². The van der Waals surface area contributed by atoms with Gasteiger partial charge in [-0.25, -0.2) is 4.98 Å². The van der Waals surface area contributed by atoms with Crippen molar-refractivity contribution in [2.75, 3.05) is 5.32 Å². The van der Waals surface area contributed by atoms with Crippen molar-refractivity contribution in [1.82, 2.24) is 9.97 Å². The van der Waals surface area contributed by atoms with Crippen LogP contribution < -0.4 is 11.1 Å². The van der Waals surface area contributed by atoms with Crippen molar-refractivity contribution in [3.63, 3.8) is 0 Å². The van der Waals surface area contributed by atoms with Gasteiger partial charge in [0.1, 0.15) is 5.65 Å². The van der Waals surface area contributed by atoms with Crippen LogP contribution in [0.2, 0.25) is 0 Å². The van der Waals surface area contributed by atoms with Gasteiger partial charge in [-0.3, -0.25) is 4.79 Å². The monoisotopic (exact) mass is 364 g/mol. The Labute approximate surface area is 138 Å². The van der Waals surface area contributed by atoms with Gasteiger partial charge in [-0.15, -0.1) is 0 Å². The van der Waals surface area contributed by atoms with Crippen LogP contribution in [0.15, 0.2) is 22.9 Å². The highest BCUT2D eigenvalue weighted by atomic mass is 79.9. The molecule has 2 heterocycles. The number of halogens is 1. The summed E-state index contributed by atoms with van der Waals surface area (Å²) in [6.07, 6.45) is 7.45. The molecule has 1 fully saturated rings. The minimum absolute atomic E-state index is 0.0796. The van der Waals surface area contributed by atoms with E-state index in [9.17, 15) is 4.79 Å². The number of rotatable bonds is 3. The van der Waals surface area contributed by atoms with Crippen LogP contribution in [0, 0.1) is 11.8 Å². The summed E-state index contributed by atoms with van der Waals surface area (Å²) in [5.74, 6) is 0.732. The summed E-state index contributed by atoms with van der Waals surface area (Å²) in [5, 5.41) is 3.98. The zero-order valence-corrected chi connectivity index (χ0v) is 14.2. The number of fused-ring (bicyclic) bond motifs is 1. The molecule has 1 amide bonds. The third-order valence-corrected chi connectivity index (χ3v) is 5.29. The number of aromatic amines is 1. The van der Waals surface area contributed by atoms with E-state index < -0.39 is 0 Å². The van der Waals surface area contributed by atoms with Gasteiger partial charge < -0.3 is 16.0 Å².